The number of benzene rings is 1. The first-order valence-electron chi connectivity index (χ1n) is 9.74. The number of hydrogen-bond donors (Lipinski definition) is 1. The van der Waals surface area contributed by atoms with Gasteiger partial charge in [0.1, 0.15) is 0 Å². The van der Waals surface area contributed by atoms with Crippen LogP contribution >= 0.6 is 0 Å². The van der Waals surface area contributed by atoms with Crippen LogP contribution in [0.5, 0.6) is 0 Å². The fraction of sp³-hybridized carbons (Fsp3) is 0.524. The third-order valence-corrected chi connectivity index (χ3v) is 5.93. The number of amides is 1. The number of carbonyl (C=O) groups is 1. The maximum atomic E-state index is 12.6. The first kappa shape index (κ1) is 17.3. The summed E-state index contributed by atoms with van der Waals surface area (Å²) in [5, 5.41) is 7.35. The molecule has 26 heavy (non-hydrogen) atoms. The number of hydrogen-bond acceptors (Lipinski definition) is 3. The Hall–Kier alpha value is -2.14. The first-order valence-corrected chi connectivity index (χ1v) is 9.74. The summed E-state index contributed by atoms with van der Waals surface area (Å²) < 4.78 is 1.82. The van der Waals surface area contributed by atoms with Crippen molar-refractivity contribution < 1.29 is 4.79 Å². The van der Waals surface area contributed by atoms with Gasteiger partial charge in [-0.3, -0.25) is 14.4 Å². The molecule has 1 aliphatic heterocycles. The molecule has 5 heteroatoms. The summed E-state index contributed by atoms with van der Waals surface area (Å²) in [7, 11) is 1.91. The third-order valence-electron chi connectivity index (χ3n) is 5.93. The predicted octanol–water partition coefficient (Wildman–Crippen LogP) is 2.61. The summed E-state index contributed by atoms with van der Waals surface area (Å²) in [5.74, 6) is -0.00764. The molecule has 0 radical (unpaired) electrons. The second-order valence-corrected chi connectivity index (χ2v) is 7.69. The van der Waals surface area contributed by atoms with E-state index >= 15 is 0 Å². The van der Waals surface area contributed by atoms with Crippen molar-refractivity contribution in [3.63, 3.8) is 0 Å². The molecule has 1 N–H and O–H groups in total. The zero-order valence-electron chi connectivity index (χ0n) is 15.8. The highest BCUT2D eigenvalue weighted by Crippen LogP contribution is 2.27. The summed E-state index contributed by atoms with van der Waals surface area (Å²) in [6.07, 6.45) is 6.25. The molecule has 2 aliphatic rings. The van der Waals surface area contributed by atoms with Gasteiger partial charge in [0.05, 0.1) is 17.9 Å². The van der Waals surface area contributed by atoms with Gasteiger partial charge in [-0.2, -0.15) is 5.10 Å². The third kappa shape index (κ3) is 3.54. The fourth-order valence-electron chi connectivity index (χ4n) is 4.10. The summed E-state index contributed by atoms with van der Waals surface area (Å²) in [6, 6.07) is 9.04. The molecular weight excluding hydrogens is 324 g/mol. The molecule has 0 spiro atoms. The lowest BCUT2D eigenvalue weighted by molar-refractivity contribution is 0.0950. The lowest BCUT2D eigenvalue weighted by Gasteiger charge is -2.36. The van der Waals surface area contributed by atoms with E-state index in [2.05, 4.69) is 27.4 Å². The Morgan fingerprint density at radius 3 is 2.62 bits per heavy atom. The number of carbonyl (C=O) groups excluding carboxylic acids is 1. The minimum atomic E-state index is -0.00764. The standard InChI is InChI=1S/C21H28N4O/c1-15-12-20(24(2)23-15)14-22-21(26)18-7-6-16-8-10-25(19-4-3-5-19)11-9-17(16)13-18/h6-7,12-13,19H,3-5,8-11,14H2,1-2H3,(H,22,26). The van der Waals surface area contributed by atoms with Gasteiger partial charge in [0.15, 0.2) is 0 Å². The molecule has 1 aliphatic carbocycles. The number of aromatic nitrogens is 2. The lowest BCUT2D eigenvalue weighted by Crippen LogP contribution is -2.41. The molecule has 0 atom stereocenters. The average molecular weight is 352 g/mol. The fourth-order valence-corrected chi connectivity index (χ4v) is 4.10. The zero-order valence-corrected chi connectivity index (χ0v) is 15.8. The van der Waals surface area contributed by atoms with Crippen LogP contribution in [0.3, 0.4) is 0 Å². The van der Waals surface area contributed by atoms with Gasteiger partial charge in [0, 0.05) is 31.7 Å². The van der Waals surface area contributed by atoms with Gasteiger partial charge in [-0.15, -0.1) is 0 Å². The van der Waals surface area contributed by atoms with E-state index in [1.807, 2.05) is 30.8 Å². The van der Waals surface area contributed by atoms with Gasteiger partial charge in [-0.05, 0) is 61.9 Å². The van der Waals surface area contributed by atoms with Gasteiger partial charge < -0.3 is 5.32 Å². The summed E-state index contributed by atoms with van der Waals surface area (Å²) in [6.45, 7) is 4.74. The Morgan fingerprint density at radius 2 is 1.96 bits per heavy atom. The van der Waals surface area contributed by atoms with Crippen LogP contribution in [0.4, 0.5) is 0 Å². The van der Waals surface area contributed by atoms with Gasteiger partial charge in [0.2, 0.25) is 0 Å². The van der Waals surface area contributed by atoms with Crippen LogP contribution in [-0.4, -0.2) is 39.7 Å². The highest BCUT2D eigenvalue weighted by atomic mass is 16.1. The molecular formula is C21H28N4O. The Morgan fingerprint density at radius 1 is 1.19 bits per heavy atom. The molecule has 1 amide bonds. The van der Waals surface area contributed by atoms with Crippen molar-refractivity contribution in [1.29, 1.82) is 0 Å². The number of fused-ring (bicyclic) bond motifs is 1. The van der Waals surface area contributed by atoms with Gasteiger partial charge in [0.25, 0.3) is 5.91 Å². The largest absolute Gasteiger partial charge is 0.346 e. The predicted molar refractivity (Wildman–Crippen MR) is 102 cm³/mol. The quantitative estimate of drug-likeness (QED) is 0.920. The van der Waals surface area contributed by atoms with Crippen molar-refractivity contribution in [2.75, 3.05) is 13.1 Å². The molecule has 1 saturated carbocycles. The molecule has 0 bridgehead atoms. The van der Waals surface area contributed by atoms with E-state index < -0.39 is 0 Å². The minimum absolute atomic E-state index is 0.00764. The monoisotopic (exact) mass is 352 g/mol. The molecule has 0 saturated heterocycles. The highest BCUT2D eigenvalue weighted by molar-refractivity contribution is 5.94. The first-order chi connectivity index (χ1) is 12.6. The van der Waals surface area contributed by atoms with Crippen LogP contribution in [-0.2, 0) is 26.4 Å². The molecule has 2 aromatic rings. The van der Waals surface area contributed by atoms with Crippen LogP contribution in [0.2, 0.25) is 0 Å². The topological polar surface area (TPSA) is 50.2 Å². The molecule has 5 nitrogen and oxygen atoms in total. The van der Waals surface area contributed by atoms with Crippen molar-refractivity contribution >= 4 is 5.91 Å². The molecule has 4 rings (SSSR count). The van der Waals surface area contributed by atoms with Crippen molar-refractivity contribution in [3.8, 4) is 0 Å². The van der Waals surface area contributed by atoms with Crippen LogP contribution in [0.15, 0.2) is 24.3 Å². The summed E-state index contributed by atoms with van der Waals surface area (Å²) in [5.41, 5.74) is 5.50. The Kier molecular flexibility index (Phi) is 4.81. The Bertz CT molecular complexity index is 806. The van der Waals surface area contributed by atoms with Crippen LogP contribution in [0, 0.1) is 6.92 Å². The second kappa shape index (κ2) is 7.23. The second-order valence-electron chi connectivity index (χ2n) is 7.69. The zero-order chi connectivity index (χ0) is 18.1. The van der Waals surface area contributed by atoms with Gasteiger partial charge in [-0.25, -0.2) is 0 Å². The molecule has 2 heterocycles. The van der Waals surface area contributed by atoms with Crippen molar-refractivity contribution in [2.45, 2.75) is 51.6 Å². The van der Waals surface area contributed by atoms with E-state index in [-0.39, 0.29) is 5.91 Å². The minimum Gasteiger partial charge on any atom is -0.346 e. The normalized spacial score (nSPS) is 18.1. The molecule has 1 fully saturated rings. The van der Waals surface area contributed by atoms with Crippen molar-refractivity contribution in [2.24, 2.45) is 7.05 Å². The highest BCUT2D eigenvalue weighted by Gasteiger charge is 2.26. The van der Waals surface area contributed by atoms with Crippen LogP contribution in [0.1, 0.15) is 52.1 Å². The maximum Gasteiger partial charge on any atom is 0.251 e. The SMILES string of the molecule is Cc1cc(CNC(=O)c2ccc3c(c2)CCN(C2CCC2)CC3)n(C)n1. The van der Waals surface area contributed by atoms with E-state index in [0.717, 1.165) is 48.9 Å². The van der Waals surface area contributed by atoms with Crippen molar-refractivity contribution in [3.05, 3.63) is 52.3 Å². The van der Waals surface area contributed by atoms with E-state index in [9.17, 15) is 4.79 Å². The lowest BCUT2D eigenvalue weighted by atomic mass is 9.91. The number of nitrogens with one attached hydrogen (secondary N) is 1. The Labute approximate surface area is 155 Å². The van der Waals surface area contributed by atoms with Gasteiger partial charge >= 0.3 is 0 Å². The van der Waals surface area contributed by atoms with E-state index in [4.69, 9.17) is 0 Å². The number of nitrogens with zero attached hydrogens (tertiary/aromatic N) is 3. The van der Waals surface area contributed by atoms with E-state index in [0.29, 0.717) is 6.54 Å². The van der Waals surface area contributed by atoms with Crippen LogP contribution in [0.25, 0.3) is 0 Å². The van der Waals surface area contributed by atoms with E-state index in [1.54, 1.807) is 0 Å². The van der Waals surface area contributed by atoms with Gasteiger partial charge in [-0.1, -0.05) is 12.5 Å². The Balaban J connectivity index is 1.41. The summed E-state index contributed by atoms with van der Waals surface area (Å²) >= 11 is 0. The van der Waals surface area contributed by atoms with E-state index in [1.165, 1.54) is 30.4 Å². The molecule has 1 aromatic heterocycles. The number of rotatable bonds is 4. The molecule has 0 unspecified atom stereocenters. The molecule has 138 valence electrons. The number of aryl methyl sites for hydroxylation is 2. The molecule has 1 aromatic carbocycles. The maximum absolute atomic E-state index is 12.6. The van der Waals surface area contributed by atoms with Crippen molar-refractivity contribution in [1.82, 2.24) is 20.0 Å². The summed E-state index contributed by atoms with van der Waals surface area (Å²) in [4.78, 5) is 15.2. The average Bonchev–Trinajstić information content (AvgIpc) is 2.78. The van der Waals surface area contributed by atoms with Crippen LogP contribution < -0.4 is 5.32 Å². The smallest absolute Gasteiger partial charge is 0.251 e.